The van der Waals surface area contributed by atoms with Crippen LogP contribution in [-0.2, 0) is 16.0 Å². The SMILES string of the molecule is CCOC(=O)Cc1cn2cc(Cl)c(C)cc2n1. The Morgan fingerprint density at radius 2 is 2.29 bits per heavy atom. The first-order valence-electron chi connectivity index (χ1n) is 5.39. The molecule has 90 valence electrons. The van der Waals surface area contributed by atoms with Crippen molar-refractivity contribution in [2.45, 2.75) is 20.3 Å². The van der Waals surface area contributed by atoms with Crippen LogP contribution in [0.3, 0.4) is 0 Å². The van der Waals surface area contributed by atoms with E-state index in [2.05, 4.69) is 4.98 Å². The number of imidazole rings is 1. The molecule has 4 nitrogen and oxygen atoms in total. The third-order valence-corrected chi connectivity index (χ3v) is 2.81. The van der Waals surface area contributed by atoms with Gasteiger partial charge in [-0.15, -0.1) is 0 Å². The minimum atomic E-state index is -0.265. The smallest absolute Gasteiger partial charge is 0.311 e. The molecule has 0 aliphatic carbocycles. The lowest BCUT2D eigenvalue weighted by atomic mass is 10.3. The van der Waals surface area contributed by atoms with E-state index >= 15 is 0 Å². The normalized spacial score (nSPS) is 10.8. The zero-order valence-corrected chi connectivity index (χ0v) is 10.5. The lowest BCUT2D eigenvalue weighted by Crippen LogP contribution is -2.07. The molecule has 0 aliphatic rings. The molecule has 0 atom stereocenters. The molecular formula is C12H13ClN2O2. The van der Waals surface area contributed by atoms with Crippen molar-refractivity contribution in [1.82, 2.24) is 9.38 Å². The summed E-state index contributed by atoms with van der Waals surface area (Å²) in [5, 5.41) is 0.678. The van der Waals surface area contributed by atoms with Crippen molar-refractivity contribution < 1.29 is 9.53 Å². The molecule has 0 saturated heterocycles. The van der Waals surface area contributed by atoms with E-state index in [1.165, 1.54) is 0 Å². The molecule has 0 N–H and O–H groups in total. The summed E-state index contributed by atoms with van der Waals surface area (Å²) in [6, 6.07) is 1.89. The predicted molar refractivity (Wildman–Crippen MR) is 65.3 cm³/mol. The van der Waals surface area contributed by atoms with Gasteiger partial charge in [0.05, 0.1) is 23.7 Å². The van der Waals surface area contributed by atoms with Crippen molar-refractivity contribution >= 4 is 23.2 Å². The molecule has 17 heavy (non-hydrogen) atoms. The molecule has 0 fully saturated rings. The molecule has 2 aromatic heterocycles. The van der Waals surface area contributed by atoms with Crippen LogP contribution in [0.4, 0.5) is 0 Å². The number of nitrogens with zero attached hydrogens (tertiary/aromatic N) is 2. The molecule has 5 heteroatoms. The highest BCUT2D eigenvalue weighted by molar-refractivity contribution is 6.31. The van der Waals surface area contributed by atoms with Crippen molar-refractivity contribution in [1.29, 1.82) is 0 Å². The van der Waals surface area contributed by atoms with Crippen LogP contribution in [0.2, 0.25) is 5.02 Å². The Hall–Kier alpha value is -1.55. The number of esters is 1. The number of aryl methyl sites for hydroxylation is 1. The number of aromatic nitrogens is 2. The minimum absolute atomic E-state index is 0.187. The molecule has 0 spiro atoms. The maximum absolute atomic E-state index is 11.3. The van der Waals surface area contributed by atoms with E-state index in [1.54, 1.807) is 19.3 Å². The maximum atomic E-state index is 11.3. The second-order valence-electron chi connectivity index (χ2n) is 3.78. The van der Waals surface area contributed by atoms with E-state index in [-0.39, 0.29) is 12.4 Å². The van der Waals surface area contributed by atoms with Crippen molar-refractivity contribution in [3.8, 4) is 0 Å². The standard InChI is InChI=1S/C12H13ClN2O2/c1-3-17-12(16)5-9-6-15-7-10(13)8(2)4-11(15)14-9/h4,6-7H,3,5H2,1-2H3. The first kappa shape index (κ1) is 11.9. The summed E-state index contributed by atoms with van der Waals surface area (Å²) in [6.45, 7) is 4.09. The monoisotopic (exact) mass is 252 g/mol. The van der Waals surface area contributed by atoms with Gasteiger partial charge < -0.3 is 9.14 Å². The maximum Gasteiger partial charge on any atom is 0.311 e. The Labute approximate surface area is 104 Å². The van der Waals surface area contributed by atoms with Crippen LogP contribution in [0.15, 0.2) is 18.5 Å². The summed E-state index contributed by atoms with van der Waals surface area (Å²) in [6.07, 6.45) is 3.76. The lowest BCUT2D eigenvalue weighted by Gasteiger charge is -1.97. The van der Waals surface area contributed by atoms with Crippen molar-refractivity contribution in [2.75, 3.05) is 6.61 Å². The zero-order valence-electron chi connectivity index (χ0n) is 9.74. The van der Waals surface area contributed by atoms with Gasteiger partial charge in [-0.05, 0) is 25.5 Å². The molecule has 0 aliphatic heterocycles. The molecule has 0 bridgehead atoms. The highest BCUT2D eigenvalue weighted by atomic mass is 35.5. The van der Waals surface area contributed by atoms with E-state index < -0.39 is 0 Å². The first-order chi connectivity index (χ1) is 8.10. The van der Waals surface area contributed by atoms with Crippen LogP contribution >= 0.6 is 11.6 Å². The van der Waals surface area contributed by atoms with E-state index in [9.17, 15) is 4.79 Å². The second-order valence-corrected chi connectivity index (χ2v) is 4.19. The van der Waals surface area contributed by atoms with Crippen LogP contribution in [0.1, 0.15) is 18.2 Å². The Balaban J connectivity index is 2.29. The largest absolute Gasteiger partial charge is 0.466 e. The van der Waals surface area contributed by atoms with E-state index in [1.807, 2.05) is 17.4 Å². The van der Waals surface area contributed by atoms with Gasteiger partial charge in [0, 0.05) is 12.4 Å². The summed E-state index contributed by atoms with van der Waals surface area (Å²) in [4.78, 5) is 15.7. The van der Waals surface area contributed by atoms with Gasteiger partial charge in [0.1, 0.15) is 5.65 Å². The molecule has 0 aromatic carbocycles. The minimum Gasteiger partial charge on any atom is -0.466 e. The Morgan fingerprint density at radius 1 is 1.53 bits per heavy atom. The average molecular weight is 253 g/mol. The second kappa shape index (κ2) is 4.75. The van der Waals surface area contributed by atoms with Gasteiger partial charge >= 0.3 is 5.97 Å². The summed E-state index contributed by atoms with van der Waals surface area (Å²) < 4.78 is 6.68. The summed E-state index contributed by atoms with van der Waals surface area (Å²) in [5.74, 6) is -0.265. The van der Waals surface area contributed by atoms with Crippen molar-refractivity contribution in [3.63, 3.8) is 0 Å². The quantitative estimate of drug-likeness (QED) is 0.788. The van der Waals surface area contributed by atoms with E-state index in [0.717, 1.165) is 11.2 Å². The number of halogens is 1. The zero-order chi connectivity index (χ0) is 12.4. The van der Waals surface area contributed by atoms with Crippen molar-refractivity contribution in [3.05, 3.63) is 34.7 Å². The molecule has 0 radical (unpaired) electrons. The van der Waals surface area contributed by atoms with Crippen LogP contribution in [0, 0.1) is 6.92 Å². The van der Waals surface area contributed by atoms with Crippen LogP contribution in [0.25, 0.3) is 5.65 Å². The number of ether oxygens (including phenoxy) is 1. The topological polar surface area (TPSA) is 43.6 Å². The Kier molecular flexibility index (Phi) is 3.33. The molecule has 2 aromatic rings. The third kappa shape index (κ3) is 2.58. The highest BCUT2D eigenvalue weighted by Crippen LogP contribution is 2.17. The first-order valence-corrected chi connectivity index (χ1v) is 5.77. The number of hydrogen-bond acceptors (Lipinski definition) is 3. The summed E-state index contributed by atoms with van der Waals surface area (Å²) in [7, 11) is 0. The van der Waals surface area contributed by atoms with Gasteiger partial charge in [0.15, 0.2) is 0 Å². The number of carbonyl (C=O) groups excluding carboxylic acids is 1. The Morgan fingerprint density at radius 3 is 3.00 bits per heavy atom. The molecule has 0 saturated carbocycles. The van der Waals surface area contributed by atoms with Crippen molar-refractivity contribution in [2.24, 2.45) is 0 Å². The number of rotatable bonds is 3. The highest BCUT2D eigenvalue weighted by Gasteiger charge is 2.09. The molecular weight excluding hydrogens is 240 g/mol. The molecule has 2 rings (SSSR count). The summed E-state index contributed by atoms with van der Waals surface area (Å²) >= 11 is 6.01. The predicted octanol–water partition coefficient (Wildman–Crippen LogP) is 2.40. The number of fused-ring (bicyclic) bond motifs is 1. The third-order valence-electron chi connectivity index (χ3n) is 2.42. The van der Waals surface area contributed by atoms with E-state index in [0.29, 0.717) is 17.3 Å². The van der Waals surface area contributed by atoms with Gasteiger partial charge in [0.25, 0.3) is 0 Å². The molecule has 0 amide bonds. The molecule has 0 unspecified atom stereocenters. The Bertz CT molecular complexity index is 524. The van der Waals surface area contributed by atoms with Gasteiger partial charge in [-0.25, -0.2) is 4.98 Å². The van der Waals surface area contributed by atoms with Crippen LogP contribution < -0.4 is 0 Å². The summed E-state index contributed by atoms with van der Waals surface area (Å²) in [5.41, 5.74) is 2.43. The van der Waals surface area contributed by atoms with E-state index in [4.69, 9.17) is 16.3 Å². The fourth-order valence-electron chi connectivity index (χ4n) is 1.60. The van der Waals surface area contributed by atoms with Crippen LogP contribution in [0.5, 0.6) is 0 Å². The van der Waals surface area contributed by atoms with Gasteiger partial charge in [-0.3, -0.25) is 4.79 Å². The van der Waals surface area contributed by atoms with Gasteiger partial charge in [-0.2, -0.15) is 0 Å². The van der Waals surface area contributed by atoms with Crippen LogP contribution in [-0.4, -0.2) is 22.0 Å². The fraction of sp³-hybridized carbons (Fsp3) is 0.333. The number of hydrogen-bond donors (Lipinski definition) is 0. The fourth-order valence-corrected chi connectivity index (χ4v) is 1.76. The lowest BCUT2D eigenvalue weighted by molar-refractivity contribution is -0.142. The van der Waals surface area contributed by atoms with Gasteiger partial charge in [-0.1, -0.05) is 11.6 Å². The van der Waals surface area contributed by atoms with Gasteiger partial charge in [0.2, 0.25) is 0 Å². The number of carbonyl (C=O) groups is 1. The molecule has 2 heterocycles. The average Bonchev–Trinajstić information content (AvgIpc) is 2.60. The number of pyridine rings is 1.